The summed E-state index contributed by atoms with van der Waals surface area (Å²) in [6.07, 6.45) is 1.93. The molecule has 1 aromatic rings. The third-order valence-electron chi connectivity index (χ3n) is 2.85. The fourth-order valence-electron chi connectivity index (χ4n) is 1.92. The Morgan fingerprint density at radius 3 is 2.56 bits per heavy atom. The van der Waals surface area contributed by atoms with Crippen molar-refractivity contribution in [2.75, 3.05) is 26.2 Å². The van der Waals surface area contributed by atoms with Gasteiger partial charge in [0.15, 0.2) is 0 Å². The van der Waals surface area contributed by atoms with Gasteiger partial charge in [-0.25, -0.2) is 0 Å². The monoisotopic (exact) mass is 223 g/mol. The standard InChI is InChI=1S/C10H17N5O/c1-9(16)15-5-3-14(4-6-15)8-10-7-13(2)12-11-10/h7H,3-6,8H2,1-2H3. The van der Waals surface area contributed by atoms with Crippen LogP contribution in [0.4, 0.5) is 0 Å². The lowest BCUT2D eigenvalue weighted by molar-refractivity contribution is -0.130. The van der Waals surface area contributed by atoms with Gasteiger partial charge in [0.1, 0.15) is 0 Å². The molecule has 16 heavy (non-hydrogen) atoms. The van der Waals surface area contributed by atoms with Gasteiger partial charge in [-0.05, 0) is 0 Å². The molecule has 0 N–H and O–H groups in total. The molecule has 1 aromatic heterocycles. The van der Waals surface area contributed by atoms with Crippen LogP contribution in [-0.2, 0) is 18.4 Å². The molecule has 0 spiro atoms. The Morgan fingerprint density at radius 1 is 1.38 bits per heavy atom. The summed E-state index contributed by atoms with van der Waals surface area (Å²) < 4.78 is 1.71. The van der Waals surface area contributed by atoms with Crippen LogP contribution >= 0.6 is 0 Å². The van der Waals surface area contributed by atoms with Crippen LogP contribution in [0.5, 0.6) is 0 Å². The highest BCUT2D eigenvalue weighted by atomic mass is 16.2. The molecular weight excluding hydrogens is 206 g/mol. The van der Waals surface area contributed by atoms with E-state index in [1.807, 2.05) is 18.1 Å². The molecule has 0 bridgehead atoms. The molecule has 0 aromatic carbocycles. The molecule has 2 heterocycles. The molecule has 1 aliphatic heterocycles. The Labute approximate surface area is 94.8 Å². The topological polar surface area (TPSA) is 54.3 Å². The van der Waals surface area contributed by atoms with Crippen LogP contribution in [0.15, 0.2) is 6.20 Å². The Morgan fingerprint density at radius 2 is 2.06 bits per heavy atom. The van der Waals surface area contributed by atoms with E-state index in [9.17, 15) is 4.79 Å². The second-order valence-electron chi connectivity index (χ2n) is 4.17. The van der Waals surface area contributed by atoms with Crippen LogP contribution < -0.4 is 0 Å². The van der Waals surface area contributed by atoms with Crippen molar-refractivity contribution in [1.82, 2.24) is 24.8 Å². The van der Waals surface area contributed by atoms with E-state index in [1.54, 1.807) is 11.6 Å². The highest BCUT2D eigenvalue weighted by molar-refractivity contribution is 5.73. The van der Waals surface area contributed by atoms with Crippen LogP contribution in [-0.4, -0.2) is 56.9 Å². The maximum atomic E-state index is 11.1. The number of hydrogen-bond donors (Lipinski definition) is 0. The van der Waals surface area contributed by atoms with Gasteiger partial charge in [0, 0.05) is 52.9 Å². The maximum Gasteiger partial charge on any atom is 0.219 e. The van der Waals surface area contributed by atoms with Crippen LogP contribution in [0.2, 0.25) is 0 Å². The smallest absolute Gasteiger partial charge is 0.219 e. The molecule has 0 unspecified atom stereocenters. The second-order valence-corrected chi connectivity index (χ2v) is 4.17. The van der Waals surface area contributed by atoms with Gasteiger partial charge < -0.3 is 4.90 Å². The summed E-state index contributed by atoms with van der Waals surface area (Å²) in [6, 6.07) is 0. The predicted octanol–water partition coefficient (Wildman–Crippen LogP) is -0.521. The van der Waals surface area contributed by atoms with Crippen LogP contribution in [0.3, 0.4) is 0 Å². The van der Waals surface area contributed by atoms with Gasteiger partial charge in [-0.2, -0.15) is 0 Å². The van der Waals surface area contributed by atoms with Crippen molar-refractivity contribution in [2.45, 2.75) is 13.5 Å². The van der Waals surface area contributed by atoms with E-state index >= 15 is 0 Å². The number of carbonyl (C=O) groups is 1. The van der Waals surface area contributed by atoms with Gasteiger partial charge in [-0.3, -0.25) is 14.4 Å². The third kappa shape index (κ3) is 2.57. The largest absolute Gasteiger partial charge is 0.340 e. The van der Waals surface area contributed by atoms with Gasteiger partial charge in [0.25, 0.3) is 0 Å². The molecule has 0 aliphatic carbocycles. The molecule has 88 valence electrons. The van der Waals surface area contributed by atoms with Crippen molar-refractivity contribution in [3.63, 3.8) is 0 Å². The fraction of sp³-hybridized carbons (Fsp3) is 0.700. The number of aromatic nitrogens is 3. The van der Waals surface area contributed by atoms with E-state index in [0.29, 0.717) is 0 Å². The molecule has 1 fully saturated rings. The molecule has 6 nitrogen and oxygen atoms in total. The van der Waals surface area contributed by atoms with E-state index in [-0.39, 0.29) is 5.91 Å². The average Bonchev–Trinajstić information content (AvgIpc) is 2.65. The number of rotatable bonds is 2. The van der Waals surface area contributed by atoms with Crippen molar-refractivity contribution < 1.29 is 4.79 Å². The lowest BCUT2D eigenvalue weighted by atomic mass is 10.3. The molecule has 1 saturated heterocycles. The number of carbonyl (C=O) groups excluding carboxylic acids is 1. The fourth-order valence-corrected chi connectivity index (χ4v) is 1.92. The lowest BCUT2D eigenvalue weighted by Gasteiger charge is -2.33. The zero-order valence-electron chi connectivity index (χ0n) is 9.76. The zero-order chi connectivity index (χ0) is 11.5. The number of nitrogens with zero attached hydrogens (tertiary/aromatic N) is 5. The minimum absolute atomic E-state index is 0.166. The highest BCUT2D eigenvalue weighted by Gasteiger charge is 2.18. The molecule has 2 rings (SSSR count). The molecule has 0 radical (unpaired) electrons. The van der Waals surface area contributed by atoms with Crippen molar-refractivity contribution in [2.24, 2.45) is 7.05 Å². The number of amides is 1. The number of aryl methyl sites for hydroxylation is 1. The number of piperazine rings is 1. The summed E-state index contributed by atoms with van der Waals surface area (Å²) in [5, 5.41) is 7.96. The van der Waals surface area contributed by atoms with E-state index in [1.165, 1.54) is 0 Å². The molecule has 0 atom stereocenters. The lowest BCUT2D eigenvalue weighted by Crippen LogP contribution is -2.47. The minimum Gasteiger partial charge on any atom is -0.340 e. The maximum absolute atomic E-state index is 11.1. The van der Waals surface area contributed by atoms with E-state index < -0.39 is 0 Å². The van der Waals surface area contributed by atoms with Crippen molar-refractivity contribution in [1.29, 1.82) is 0 Å². The SMILES string of the molecule is CC(=O)N1CCN(Cc2cn(C)nn2)CC1. The van der Waals surface area contributed by atoms with Gasteiger partial charge in [-0.1, -0.05) is 5.21 Å². The quantitative estimate of drug-likeness (QED) is 0.677. The Bertz CT molecular complexity index is 367. The zero-order valence-corrected chi connectivity index (χ0v) is 9.76. The van der Waals surface area contributed by atoms with Gasteiger partial charge in [-0.15, -0.1) is 5.10 Å². The molecule has 1 amide bonds. The first-order valence-corrected chi connectivity index (χ1v) is 5.48. The summed E-state index contributed by atoms with van der Waals surface area (Å²) in [5.41, 5.74) is 0.985. The first-order chi connectivity index (χ1) is 7.65. The first-order valence-electron chi connectivity index (χ1n) is 5.48. The summed E-state index contributed by atoms with van der Waals surface area (Å²) in [5.74, 6) is 0.166. The summed E-state index contributed by atoms with van der Waals surface area (Å²) in [7, 11) is 1.87. The molecule has 1 aliphatic rings. The van der Waals surface area contributed by atoms with Gasteiger partial charge >= 0.3 is 0 Å². The Balaban J connectivity index is 1.83. The van der Waals surface area contributed by atoms with E-state index in [0.717, 1.165) is 38.4 Å². The van der Waals surface area contributed by atoms with Crippen molar-refractivity contribution >= 4 is 5.91 Å². The highest BCUT2D eigenvalue weighted by Crippen LogP contribution is 2.06. The molecule has 6 heteroatoms. The van der Waals surface area contributed by atoms with Crippen LogP contribution in [0.25, 0.3) is 0 Å². The van der Waals surface area contributed by atoms with Crippen molar-refractivity contribution in [3.8, 4) is 0 Å². The Kier molecular flexibility index (Phi) is 3.19. The normalized spacial score (nSPS) is 17.8. The summed E-state index contributed by atoms with van der Waals surface area (Å²) in [6.45, 7) is 5.90. The van der Waals surface area contributed by atoms with Gasteiger partial charge in [0.2, 0.25) is 5.91 Å². The van der Waals surface area contributed by atoms with Crippen LogP contribution in [0, 0.1) is 0 Å². The second kappa shape index (κ2) is 4.61. The Hall–Kier alpha value is -1.43. The molecule has 0 saturated carbocycles. The molecular formula is C10H17N5O. The first kappa shape index (κ1) is 11.1. The van der Waals surface area contributed by atoms with Crippen LogP contribution in [0.1, 0.15) is 12.6 Å². The predicted molar refractivity (Wildman–Crippen MR) is 58.5 cm³/mol. The summed E-state index contributed by atoms with van der Waals surface area (Å²) in [4.78, 5) is 15.3. The average molecular weight is 223 g/mol. The van der Waals surface area contributed by atoms with Crippen molar-refractivity contribution in [3.05, 3.63) is 11.9 Å². The third-order valence-corrected chi connectivity index (χ3v) is 2.85. The minimum atomic E-state index is 0.166. The number of hydrogen-bond acceptors (Lipinski definition) is 4. The van der Waals surface area contributed by atoms with Gasteiger partial charge in [0.05, 0.1) is 5.69 Å². The van der Waals surface area contributed by atoms with E-state index in [4.69, 9.17) is 0 Å². The van der Waals surface area contributed by atoms with E-state index in [2.05, 4.69) is 15.2 Å². The summed E-state index contributed by atoms with van der Waals surface area (Å²) >= 11 is 0.